The van der Waals surface area contributed by atoms with Crippen LogP contribution in [0.2, 0.25) is 0 Å². The summed E-state index contributed by atoms with van der Waals surface area (Å²) in [7, 11) is 0. The zero-order valence-corrected chi connectivity index (χ0v) is 9.33. The number of carboxylic acids is 1. The van der Waals surface area contributed by atoms with Crippen LogP contribution < -0.4 is 5.73 Å². The zero-order valence-electron chi connectivity index (χ0n) is 9.33. The number of ether oxygens (including phenoxy) is 2. The molecule has 1 fully saturated rings. The van der Waals surface area contributed by atoms with Crippen LogP contribution in [-0.4, -0.2) is 30.3 Å². The number of benzene rings is 1. The molecule has 3 N–H and O–H groups in total. The fourth-order valence-electron chi connectivity index (χ4n) is 1.76. The monoisotopic (exact) mass is 237 g/mol. The minimum Gasteiger partial charge on any atom is -0.480 e. The van der Waals surface area contributed by atoms with Crippen LogP contribution in [0.15, 0.2) is 24.3 Å². The van der Waals surface area contributed by atoms with Gasteiger partial charge in [0.05, 0.1) is 13.2 Å². The van der Waals surface area contributed by atoms with Gasteiger partial charge in [-0.25, -0.2) is 0 Å². The molecule has 0 aromatic heterocycles. The fourth-order valence-corrected chi connectivity index (χ4v) is 1.76. The maximum atomic E-state index is 10.7. The van der Waals surface area contributed by atoms with E-state index in [1.54, 1.807) is 0 Å². The lowest BCUT2D eigenvalue weighted by atomic mass is 10.0. The van der Waals surface area contributed by atoms with Gasteiger partial charge < -0.3 is 20.3 Å². The smallest absolute Gasteiger partial charge is 0.320 e. The van der Waals surface area contributed by atoms with Gasteiger partial charge in [-0.3, -0.25) is 4.79 Å². The summed E-state index contributed by atoms with van der Waals surface area (Å²) in [5, 5.41) is 8.75. The van der Waals surface area contributed by atoms with Crippen molar-refractivity contribution in [2.75, 3.05) is 13.2 Å². The van der Waals surface area contributed by atoms with Crippen molar-refractivity contribution >= 4 is 5.97 Å². The van der Waals surface area contributed by atoms with Crippen molar-refractivity contribution in [3.63, 3.8) is 0 Å². The lowest BCUT2D eigenvalue weighted by Gasteiger charge is -2.12. The predicted octanol–water partition coefficient (Wildman–Crippen LogP) is 0.686. The summed E-state index contributed by atoms with van der Waals surface area (Å²) in [6.07, 6.45) is -0.0356. The van der Waals surface area contributed by atoms with Gasteiger partial charge in [0.15, 0.2) is 6.29 Å². The molecule has 1 aliphatic heterocycles. The molecule has 17 heavy (non-hydrogen) atoms. The molecule has 5 heteroatoms. The summed E-state index contributed by atoms with van der Waals surface area (Å²) < 4.78 is 10.8. The Hall–Kier alpha value is -1.43. The van der Waals surface area contributed by atoms with Gasteiger partial charge in [0, 0.05) is 5.56 Å². The van der Waals surface area contributed by atoms with E-state index in [2.05, 4.69) is 0 Å². The van der Waals surface area contributed by atoms with E-state index in [0.717, 1.165) is 11.1 Å². The average Bonchev–Trinajstić information content (AvgIpc) is 2.82. The maximum Gasteiger partial charge on any atom is 0.320 e. The molecular formula is C12H15NO4. The molecule has 5 nitrogen and oxygen atoms in total. The van der Waals surface area contributed by atoms with Gasteiger partial charge in [-0.1, -0.05) is 24.3 Å². The standard InChI is InChI=1S/C12H15NO4/c13-10(11(14)15)7-8-2-1-3-9(6-8)12-16-4-5-17-12/h1-3,6,10,12H,4-5,7,13H2,(H,14,15). The number of carbonyl (C=O) groups is 1. The van der Waals surface area contributed by atoms with Crippen molar-refractivity contribution < 1.29 is 19.4 Å². The Bertz CT molecular complexity index is 401. The Morgan fingerprint density at radius 3 is 2.82 bits per heavy atom. The molecule has 92 valence electrons. The van der Waals surface area contributed by atoms with E-state index in [4.69, 9.17) is 20.3 Å². The van der Waals surface area contributed by atoms with E-state index in [0.29, 0.717) is 19.6 Å². The highest BCUT2D eigenvalue weighted by molar-refractivity contribution is 5.73. The molecule has 0 aliphatic carbocycles. The predicted molar refractivity (Wildman–Crippen MR) is 60.4 cm³/mol. The first kappa shape index (κ1) is 12.0. The van der Waals surface area contributed by atoms with E-state index < -0.39 is 12.0 Å². The third kappa shape index (κ3) is 3.03. The Morgan fingerprint density at radius 1 is 1.47 bits per heavy atom. The highest BCUT2D eigenvalue weighted by Crippen LogP contribution is 2.24. The molecular weight excluding hydrogens is 222 g/mol. The number of nitrogens with two attached hydrogens (primary N) is 1. The van der Waals surface area contributed by atoms with Crippen molar-refractivity contribution in [3.05, 3.63) is 35.4 Å². The number of hydrogen-bond acceptors (Lipinski definition) is 4. The second-order valence-electron chi connectivity index (χ2n) is 3.97. The molecule has 1 aliphatic rings. The Balaban J connectivity index is 2.08. The van der Waals surface area contributed by atoms with Crippen LogP contribution in [0.25, 0.3) is 0 Å². The van der Waals surface area contributed by atoms with Crippen LogP contribution >= 0.6 is 0 Å². The van der Waals surface area contributed by atoms with Crippen molar-refractivity contribution in [1.82, 2.24) is 0 Å². The molecule has 1 aromatic rings. The lowest BCUT2D eigenvalue weighted by molar-refractivity contribution is -0.138. The summed E-state index contributed by atoms with van der Waals surface area (Å²) in [5.74, 6) is -0.997. The molecule has 0 radical (unpaired) electrons. The van der Waals surface area contributed by atoms with E-state index in [9.17, 15) is 4.79 Å². The number of hydrogen-bond donors (Lipinski definition) is 2. The second kappa shape index (κ2) is 5.27. The number of carboxylic acid groups (broad SMARTS) is 1. The number of rotatable bonds is 4. The van der Waals surface area contributed by atoms with E-state index in [1.165, 1.54) is 0 Å². The molecule has 1 aromatic carbocycles. The van der Waals surface area contributed by atoms with Crippen molar-refractivity contribution in [1.29, 1.82) is 0 Å². The topological polar surface area (TPSA) is 81.8 Å². The zero-order chi connectivity index (χ0) is 12.3. The van der Waals surface area contributed by atoms with E-state index in [1.807, 2.05) is 24.3 Å². The normalized spacial score (nSPS) is 18.2. The summed E-state index contributed by atoms with van der Waals surface area (Å²) >= 11 is 0. The summed E-state index contributed by atoms with van der Waals surface area (Å²) in [6, 6.07) is 6.59. The largest absolute Gasteiger partial charge is 0.480 e. The van der Waals surface area contributed by atoms with Gasteiger partial charge in [-0.2, -0.15) is 0 Å². The van der Waals surface area contributed by atoms with Crippen LogP contribution in [0.4, 0.5) is 0 Å². The molecule has 0 amide bonds. The summed E-state index contributed by atoms with van der Waals surface area (Å²) in [6.45, 7) is 1.17. The fraction of sp³-hybridized carbons (Fsp3) is 0.417. The molecule has 0 saturated carbocycles. The third-order valence-electron chi connectivity index (χ3n) is 2.62. The molecule has 0 bridgehead atoms. The van der Waals surface area contributed by atoms with Crippen molar-refractivity contribution in [2.24, 2.45) is 5.73 Å². The van der Waals surface area contributed by atoms with Crippen LogP contribution in [0.5, 0.6) is 0 Å². The van der Waals surface area contributed by atoms with Gasteiger partial charge in [0.25, 0.3) is 0 Å². The Kier molecular flexibility index (Phi) is 3.73. The van der Waals surface area contributed by atoms with E-state index >= 15 is 0 Å². The quantitative estimate of drug-likeness (QED) is 0.805. The van der Waals surface area contributed by atoms with Crippen molar-refractivity contribution in [3.8, 4) is 0 Å². The Labute approximate surface area is 99.1 Å². The Morgan fingerprint density at radius 2 is 2.18 bits per heavy atom. The SMILES string of the molecule is NC(Cc1cccc(C2OCCO2)c1)C(=O)O. The van der Waals surface area contributed by atoms with Crippen LogP contribution in [-0.2, 0) is 20.7 Å². The number of aliphatic carboxylic acids is 1. The van der Waals surface area contributed by atoms with Gasteiger partial charge in [0.2, 0.25) is 0 Å². The first-order valence-corrected chi connectivity index (χ1v) is 5.47. The summed E-state index contributed by atoms with van der Waals surface area (Å²) in [4.78, 5) is 10.7. The maximum absolute atomic E-state index is 10.7. The van der Waals surface area contributed by atoms with Gasteiger partial charge in [0.1, 0.15) is 6.04 Å². The highest BCUT2D eigenvalue weighted by Gasteiger charge is 2.19. The second-order valence-corrected chi connectivity index (χ2v) is 3.97. The first-order chi connectivity index (χ1) is 8.16. The molecule has 1 atom stereocenters. The summed E-state index contributed by atoms with van der Waals surface area (Å²) in [5.41, 5.74) is 7.26. The minimum atomic E-state index is -0.997. The van der Waals surface area contributed by atoms with E-state index in [-0.39, 0.29) is 6.29 Å². The van der Waals surface area contributed by atoms with Crippen LogP contribution in [0.3, 0.4) is 0 Å². The van der Waals surface area contributed by atoms with Crippen molar-refractivity contribution in [2.45, 2.75) is 18.8 Å². The lowest BCUT2D eigenvalue weighted by Crippen LogP contribution is -2.32. The van der Waals surface area contributed by atoms with Gasteiger partial charge in [-0.05, 0) is 12.0 Å². The minimum absolute atomic E-state index is 0.301. The molecule has 1 heterocycles. The van der Waals surface area contributed by atoms with Gasteiger partial charge in [-0.15, -0.1) is 0 Å². The highest BCUT2D eigenvalue weighted by atomic mass is 16.7. The molecule has 1 unspecified atom stereocenters. The average molecular weight is 237 g/mol. The first-order valence-electron chi connectivity index (χ1n) is 5.47. The van der Waals surface area contributed by atoms with Crippen LogP contribution in [0, 0.1) is 0 Å². The third-order valence-corrected chi connectivity index (χ3v) is 2.62. The molecule has 2 rings (SSSR count). The molecule has 1 saturated heterocycles. The van der Waals surface area contributed by atoms with Gasteiger partial charge >= 0.3 is 5.97 Å². The van der Waals surface area contributed by atoms with Crippen LogP contribution in [0.1, 0.15) is 17.4 Å². The molecule has 0 spiro atoms.